The fraction of sp³-hybridized carbons (Fsp3) is 0.654. The number of carbonyl (C=O) groups excluding carboxylic acids is 3. The summed E-state index contributed by atoms with van der Waals surface area (Å²) >= 11 is 0. The van der Waals surface area contributed by atoms with Crippen LogP contribution in [0.4, 0.5) is 4.79 Å². The number of ether oxygens (including phenoxy) is 2. The van der Waals surface area contributed by atoms with Crippen molar-refractivity contribution in [1.29, 1.82) is 0 Å². The number of nitrogens with zero attached hydrogens (tertiary/aromatic N) is 2. The number of Topliss-reactive ketones (excluding diaryl/α,β-unsaturated/α-hetero) is 1. The van der Waals surface area contributed by atoms with Crippen LogP contribution in [-0.2, 0) is 25.7 Å². The number of hydrogen-bond donors (Lipinski definition) is 0. The summed E-state index contributed by atoms with van der Waals surface area (Å²) < 4.78 is 12.3. The topological polar surface area (TPSA) is 76.2 Å². The van der Waals surface area contributed by atoms with Crippen LogP contribution in [0.3, 0.4) is 0 Å². The minimum Gasteiger partial charge on any atom is -0.368 e. The van der Waals surface area contributed by atoms with E-state index in [1.54, 1.807) is 4.90 Å². The molecule has 4 rings (SSSR count). The highest BCUT2D eigenvalue weighted by Gasteiger charge is 2.61. The zero-order chi connectivity index (χ0) is 24.4. The Bertz CT molecular complexity index is 900. The Morgan fingerprint density at radius 2 is 1.65 bits per heavy atom. The summed E-state index contributed by atoms with van der Waals surface area (Å²) in [5.74, 6) is 0.0976. The van der Waals surface area contributed by atoms with Gasteiger partial charge in [-0.2, -0.15) is 0 Å². The molecular weight excluding hydrogens is 448 g/mol. The Labute approximate surface area is 203 Å². The predicted octanol–water partition coefficient (Wildman–Crippen LogP) is 4.58. The van der Waals surface area contributed by atoms with E-state index in [2.05, 4.69) is 19.6 Å². The van der Waals surface area contributed by atoms with E-state index in [0.29, 0.717) is 58.3 Å². The van der Waals surface area contributed by atoms with Crippen molar-refractivity contribution in [3.8, 4) is 0 Å². The molecule has 3 aliphatic rings. The molecular formula is C26H38N2O5Si. The molecule has 0 radical (unpaired) electrons. The van der Waals surface area contributed by atoms with Gasteiger partial charge in [-0.25, -0.2) is 9.69 Å². The average molecular weight is 487 g/mol. The molecule has 1 heterocycles. The Hall–Kier alpha value is -2.03. The summed E-state index contributed by atoms with van der Waals surface area (Å²) in [5.41, 5.74) is -0.348. The van der Waals surface area contributed by atoms with E-state index in [1.807, 2.05) is 30.3 Å². The molecule has 3 amide bonds. The second-order valence-electron chi connectivity index (χ2n) is 11.3. The summed E-state index contributed by atoms with van der Waals surface area (Å²) in [6, 6.07) is 10.6. The Morgan fingerprint density at radius 3 is 2.24 bits per heavy atom. The van der Waals surface area contributed by atoms with Gasteiger partial charge in [-0.15, -0.1) is 0 Å². The second-order valence-corrected chi connectivity index (χ2v) is 17.0. The number of benzene rings is 1. The molecule has 0 aromatic heterocycles. The van der Waals surface area contributed by atoms with E-state index in [0.717, 1.165) is 18.0 Å². The Balaban J connectivity index is 1.48. The van der Waals surface area contributed by atoms with Crippen LogP contribution in [0, 0.1) is 0 Å². The molecule has 2 saturated carbocycles. The summed E-state index contributed by atoms with van der Waals surface area (Å²) in [5, 5.41) is 0. The van der Waals surface area contributed by atoms with Crippen LogP contribution >= 0.6 is 0 Å². The van der Waals surface area contributed by atoms with Gasteiger partial charge in [0.05, 0.1) is 18.8 Å². The molecule has 0 atom stereocenters. The maximum absolute atomic E-state index is 13.5. The molecule has 8 heteroatoms. The maximum atomic E-state index is 13.5. The highest BCUT2D eigenvalue weighted by atomic mass is 28.3. The number of rotatable bonds is 10. The fourth-order valence-corrected chi connectivity index (χ4v) is 5.83. The second kappa shape index (κ2) is 9.91. The quantitative estimate of drug-likeness (QED) is 0.275. The van der Waals surface area contributed by atoms with E-state index in [4.69, 9.17) is 9.47 Å². The van der Waals surface area contributed by atoms with Gasteiger partial charge in [0.15, 0.2) is 0 Å². The Kier molecular flexibility index (Phi) is 7.31. The van der Waals surface area contributed by atoms with Gasteiger partial charge in [-0.05, 0) is 43.7 Å². The molecule has 1 aliphatic heterocycles. The SMILES string of the molecule is C[Si](C)(C)CCOCN1C(=O)N(CC2(OCc3ccccc3)CCC(=O)CC2)C2(CCC2)C1=O. The van der Waals surface area contributed by atoms with Crippen molar-refractivity contribution in [3.05, 3.63) is 35.9 Å². The van der Waals surface area contributed by atoms with Crippen LogP contribution < -0.4 is 0 Å². The zero-order valence-electron chi connectivity index (χ0n) is 20.8. The molecule has 186 valence electrons. The van der Waals surface area contributed by atoms with Crippen molar-refractivity contribution < 1.29 is 23.9 Å². The van der Waals surface area contributed by atoms with Crippen LogP contribution in [0.15, 0.2) is 30.3 Å². The van der Waals surface area contributed by atoms with Crippen molar-refractivity contribution >= 4 is 25.8 Å². The molecule has 3 fully saturated rings. The van der Waals surface area contributed by atoms with Gasteiger partial charge in [0.2, 0.25) is 0 Å². The van der Waals surface area contributed by atoms with E-state index in [9.17, 15) is 14.4 Å². The van der Waals surface area contributed by atoms with Crippen molar-refractivity contribution in [2.45, 2.75) is 88.4 Å². The zero-order valence-corrected chi connectivity index (χ0v) is 21.8. The van der Waals surface area contributed by atoms with E-state index >= 15 is 0 Å². The van der Waals surface area contributed by atoms with Gasteiger partial charge >= 0.3 is 6.03 Å². The number of amides is 3. The number of ketones is 1. The molecule has 1 aromatic rings. The third-order valence-corrected chi connectivity index (χ3v) is 9.28. The van der Waals surface area contributed by atoms with Gasteiger partial charge in [0.1, 0.15) is 18.1 Å². The lowest BCUT2D eigenvalue weighted by atomic mass is 9.74. The molecule has 0 bridgehead atoms. The molecule has 34 heavy (non-hydrogen) atoms. The highest BCUT2D eigenvalue weighted by Crippen LogP contribution is 2.46. The van der Waals surface area contributed by atoms with Crippen LogP contribution in [0.1, 0.15) is 50.5 Å². The van der Waals surface area contributed by atoms with E-state index < -0.39 is 19.2 Å². The maximum Gasteiger partial charge on any atom is 0.329 e. The van der Waals surface area contributed by atoms with E-state index in [-0.39, 0.29) is 24.5 Å². The predicted molar refractivity (Wildman–Crippen MR) is 132 cm³/mol. The molecule has 0 unspecified atom stereocenters. The molecule has 0 N–H and O–H groups in total. The normalized spacial score (nSPS) is 21.9. The number of urea groups is 1. The molecule has 2 aliphatic carbocycles. The lowest BCUT2D eigenvalue weighted by Gasteiger charge is -2.47. The van der Waals surface area contributed by atoms with Crippen molar-refractivity contribution in [2.75, 3.05) is 19.9 Å². The lowest BCUT2D eigenvalue weighted by Crippen LogP contribution is -2.59. The molecule has 1 aromatic carbocycles. The first-order valence-electron chi connectivity index (χ1n) is 12.6. The first-order valence-corrected chi connectivity index (χ1v) is 16.3. The van der Waals surface area contributed by atoms with Crippen LogP contribution in [-0.4, -0.2) is 66.6 Å². The fourth-order valence-electron chi connectivity index (χ4n) is 5.08. The van der Waals surface area contributed by atoms with Gasteiger partial charge in [-0.1, -0.05) is 50.0 Å². The van der Waals surface area contributed by atoms with Crippen LogP contribution in [0.25, 0.3) is 0 Å². The lowest BCUT2D eigenvalue weighted by molar-refractivity contribution is -0.146. The summed E-state index contributed by atoms with van der Waals surface area (Å²) in [7, 11) is -1.26. The van der Waals surface area contributed by atoms with E-state index in [1.165, 1.54) is 4.90 Å². The van der Waals surface area contributed by atoms with Crippen LogP contribution in [0.2, 0.25) is 25.7 Å². The van der Waals surface area contributed by atoms with Crippen molar-refractivity contribution in [1.82, 2.24) is 9.80 Å². The standard InChI is InChI=1S/C26H38N2O5Si/c1-34(2,3)17-16-32-20-27-23(30)26(12-7-13-26)28(24(27)31)19-25(14-10-22(29)11-15-25)33-18-21-8-5-4-6-9-21/h4-6,8-9H,7,10-20H2,1-3H3. The average Bonchev–Trinajstić information content (AvgIpc) is 2.98. The largest absolute Gasteiger partial charge is 0.368 e. The molecule has 1 spiro atoms. The molecule has 1 saturated heterocycles. The van der Waals surface area contributed by atoms with Crippen molar-refractivity contribution in [3.63, 3.8) is 0 Å². The minimum atomic E-state index is -1.26. The minimum absolute atomic E-state index is 0.0107. The summed E-state index contributed by atoms with van der Waals surface area (Å²) in [6.07, 6.45) is 4.31. The first-order chi connectivity index (χ1) is 16.1. The third kappa shape index (κ3) is 5.29. The Morgan fingerprint density at radius 1 is 0.971 bits per heavy atom. The van der Waals surface area contributed by atoms with Crippen LogP contribution in [0.5, 0.6) is 0 Å². The first kappa shape index (κ1) is 25.1. The molecule has 7 nitrogen and oxygen atoms in total. The number of carbonyl (C=O) groups is 3. The van der Waals surface area contributed by atoms with Gasteiger partial charge in [0.25, 0.3) is 5.91 Å². The summed E-state index contributed by atoms with van der Waals surface area (Å²) in [6.45, 7) is 8.15. The van der Waals surface area contributed by atoms with Gasteiger partial charge in [-0.3, -0.25) is 9.59 Å². The summed E-state index contributed by atoms with van der Waals surface area (Å²) in [4.78, 5) is 42.0. The van der Waals surface area contributed by atoms with Gasteiger partial charge in [0, 0.05) is 27.5 Å². The highest BCUT2D eigenvalue weighted by molar-refractivity contribution is 6.76. The monoisotopic (exact) mass is 486 g/mol. The smallest absolute Gasteiger partial charge is 0.329 e. The van der Waals surface area contributed by atoms with Gasteiger partial charge < -0.3 is 14.4 Å². The van der Waals surface area contributed by atoms with Crippen molar-refractivity contribution in [2.24, 2.45) is 0 Å². The number of hydrogen-bond acceptors (Lipinski definition) is 5. The number of imide groups is 1. The third-order valence-electron chi connectivity index (χ3n) is 7.57.